The molecular formula is C19H14Cl2N2O2S. The van der Waals surface area contributed by atoms with Gasteiger partial charge in [-0.25, -0.2) is 0 Å². The second-order valence-electron chi connectivity index (χ2n) is 5.28. The first-order chi connectivity index (χ1) is 12.6. The highest BCUT2D eigenvalue weighted by Crippen LogP contribution is 2.33. The zero-order chi connectivity index (χ0) is 18.5. The Kier molecular flexibility index (Phi) is 5.93. The van der Waals surface area contributed by atoms with Gasteiger partial charge in [0.2, 0.25) is 0 Å². The van der Waals surface area contributed by atoms with Crippen molar-refractivity contribution in [3.63, 3.8) is 0 Å². The van der Waals surface area contributed by atoms with Crippen LogP contribution in [0.15, 0.2) is 59.8 Å². The third-order valence-electron chi connectivity index (χ3n) is 3.61. The van der Waals surface area contributed by atoms with Crippen molar-refractivity contribution in [3.05, 3.63) is 74.4 Å². The van der Waals surface area contributed by atoms with E-state index in [1.807, 2.05) is 48.5 Å². The summed E-state index contributed by atoms with van der Waals surface area (Å²) < 4.78 is 0.841. The van der Waals surface area contributed by atoms with Crippen molar-refractivity contribution in [1.29, 1.82) is 0 Å². The van der Waals surface area contributed by atoms with Gasteiger partial charge in [-0.2, -0.15) is 0 Å². The molecular weight excluding hydrogens is 391 g/mol. The van der Waals surface area contributed by atoms with Crippen LogP contribution in [0.25, 0.3) is 11.1 Å². The molecule has 0 spiro atoms. The molecule has 3 aromatic rings. The van der Waals surface area contributed by atoms with Crippen molar-refractivity contribution in [3.8, 4) is 11.1 Å². The fraction of sp³-hybridized carbons (Fsp3) is 0.0526. The average Bonchev–Trinajstić information content (AvgIpc) is 2.99. The molecule has 1 aromatic heterocycles. The molecule has 26 heavy (non-hydrogen) atoms. The van der Waals surface area contributed by atoms with E-state index in [9.17, 15) is 4.79 Å². The lowest BCUT2D eigenvalue weighted by atomic mass is 10.0. The van der Waals surface area contributed by atoms with E-state index in [1.165, 1.54) is 7.11 Å². The highest BCUT2D eigenvalue weighted by molar-refractivity contribution is 7.20. The minimum Gasteiger partial charge on any atom is -0.399 e. The van der Waals surface area contributed by atoms with E-state index in [-0.39, 0.29) is 5.91 Å². The molecule has 0 bridgehead atoms. The number of rotatable bonds is 5. The highest BCUT2D eigenvalue weighted by Gasteiger charge is 2.16. The summed E-state index contributed by atoms with van der Waals surface area (Å²) in [5.41, 5.74) is 3.83. The van der Waals surface area contributed by atoms with Crippen LogP contribution >= 0.6 is 34.5 Å². The van der Waals surface area contributed by atoms with E-state index in [2.05, 4.69) is 15.3 Å². The van der Waals surface area contributed by atoms with Crippen LogP contribution in [0, 0.1) is 0 Å². The maximum atomic E-state index is 12.5. The molecule has 1 amide bonds. The predicted molar refractivity (Wildman–Crippen MR) is 109 cm³/mol. The molecule has 132 valence electrons. The lowest BCUT2D eigenvalue weighted by Gasteiger charge is -2.11. The van der Waals surface area contributed by atoms with E-state index in [1.54, 1.807) is 12.3 Å². The summed E-state index contributed by atoms with van der Waals surface area (Å²) in [5.74, 6) is -0.297. The molecule has 1 N–H and O–H groups in total. The number of nitrogens with one attached hydrogen (secondary N) is 1. The van der Waals surface area contributed by atoms with Crippen molar-refractivity contribution in [2.45, 2.75) is 0 Å². The van der Waals surface area contributed by atoms with Crippen LogP contribution in [0.5, 0.6) is 0 Å². The third-order valence-corrected chi connectivity index (χ3v) is 5.09. The first-order valence-corrected chi connectivity index (χ1v) is 9.18. The molecule has 7 heteroatoms. The Morgan fingerprint density at radius 3 is 2.54 bits per heavy atom. The zero-order valence-electron chi connectivity index (χ0n) is 13.7. The number of anilines is 1. The minimum absolute atomic E-state index is 0.297. The van der Waals surface area contributed by atoms with Gasteiger partial charge < -0.3 is 10.2 Å². The van der Waals surface area contributed by atoms with Crippen LogP contribution in [-0.4, -0.2) is 19.2 Å². The van der Waals surface area contributed by atoms with E-state index in [0.29, 0.717) is 19.9 Å². The number of para-hydroxylation sites is 1. The Morgan fingerprint density at radius 1 is 1.15 bits per heavy atom. The minimum atomic E-state index is -0.297. The number of hydrogen-bond acceptors (Lipinski definition) is 4. The highest BCUT2D eigenvalue weighted by atomic mass is 35.5. The predicted octanol–water partition coefficient (Wildman–Crippen LogP) is 5.95. The van der Waals surface area contributed by atoms with E-state index < -0.39 is 0 Å². The van der Waals surface area contributed by atoms with Crippen molar-refractivity contribution in [2.24, 2.45) is 5.16 Å². The topological polar surface area (TPSA) is 50.7 Å². The molecule has 0 atom stereocenters. The normalized spacial score (nSPS) is 10.9. The van der Waals surface area contributed by atoms with Gasteiger partial charge in [-0.1, -0.05) is 70.8 Å². The molecule has 0 radical (unpaired) electrons. The number of oxime groups is 1. The number of carbonyl (C=O) groups is 1. The molecule has 0 unspecified atom stereocenters. The second kappa shape index (κ2) is 8.36. The van der Waals surface area contributed by atoms with Crippen molar-refractivity contribution < 1.29 is 9.63 Å². The molecule has 0 aliphatic carbocycles. The molecule has 0 saturated carbocycles. The summed E-state index contributed by atoms with van der Waals surface area (Å²) >= 11 is 13.2. The standard InChI is InChI=1S/C19H14Cl2N2O2S/c1-25-22-11-12-6-8-13(9-7-12)14-4-2-3-5-16(14)23-19(24)15-10-17(20)26-18(15)21/h2-11H,1H3,(H,23,24). The van der Waals surface area contributed by atoms with E-state index >= 15 is 0 Å². The molecule has 4 nitrogen and oxygen atoms in total. The Hall–Kier alpha value is -2.34. The van der Waals surface area contributed by atoms with Gasteiger partial charge in [0.1, 0.15) is 11.4 Å². The molecule has 1 heterocycles. The Labute approximate surface area is 165 Å². The van der Waals surface area contributed by atoms with Gasteiger partial charge in [0.25, 0.3) is 5.91 Å². The van der Waals surface area contributed by atoms with Crippen LogP contribution in [0.1, 0.15) is 15.9 Å². The second-order valence-corrected chi connectivity index (χ2v) is 7.56. The van der Waals surface area contributed by atoms with Crippen LogP contribution in [0.2, 0.25) is 8.67 Å². The summed E-state index contributed by atoms with van der Waals surface area (Å²) in [4.78, 5) is 17.2. The van der Waals surface area contributed by atoms with Gasteiger partial charge in [0.05, 0.1) is 16.1 Å². The van der Waals surface area contributed by atoms with Crippen LogP contribution in [0.4, 0.5) is 5.69 Å². The maximum absolute atomic E-state index is 12.5. The van der Waals surface area contributed by atoms with Gasteiger partial charge in [-0.05, 0) is 23.3 Å². The van der Waals surface area contributed by atoms with Crippen LogP contribution in [0.3, 0.4) is 0 Å². The fourth-order valence-electron chi connectivity index (χ4n) is 2.39. The number of nitrogens with zero attached hydrogens (tertiary/aromatic N) is 1. The molecule has 2 aromatic carbocycles. The quantitative estimate of drug-likeness (QED) is 0.421. The van der Waals surface area contributed by atoms with Gasteiger partial charge >= 0.3 is 0 Å². The van der Waals surface area contributed by atoms with Crippen molar-refractivity contribution in [2.75, 3.05) is 12.4 Å². The monoisotopic (exact) mass is 404 g/mol. The number of carbonyl (C=O) groups excluding carboxylic acids is 1. The van der Waals surface area contributed by atoms with E-state index in [4.69, 9.17) is 23.2 Å². The Balaban J connectivity index is 1.87. The van der Waals surface area contributed by atoms with Crippen LogP contribution in [-0.2, 0) is 4.84 Å². The smallest absolute Gasteiger partial charge is 0.258 e. The SMILES string of the molecule is CON=Cc1ccc(-c2ccccc2NC(=O)c2cc(Cl)sc2Cl)cc1. The van der Waals surface area contributed by atoms with Crippen molar-refractivity contribution in [1.82, 2.24) is 0 Å². The molecule has 0 aliphatic heterocycles. The fourth-order valence-corrected chi connectivity index (χ4v) is 3.85. The molecule has 0 saturated heterocycles. The van der Waals surface area contributed by atoms with Gasteiger partial charge in [-0.15, -0.1) is 11.3 Å². The molecule has 0 fully saturated rings. The van der Waals surface area contributed by atoms with Gasteiger partial charge in [0, 0.05) is 11.3 Å². The summed E-state index contributed by atoms with van der Waals surface area (Å²) in [6.07, 6.45) is 1.62. The largest absolute Gasteiger partial charge is 0.399 e. The molecule has 3 rings (SSSR count). The van der Waals surface area contributed by atoms with Crippen LogP contribution < -0.4 is 5.32 Å². The average molecular weight is 405 g/mol. The Morgan fingerprint density at radius 2 is 1.88 bits per heavy atom. The number of amides is 1. The first-order valence-electron chi connectivity index (χ1n) is 7.60. The zero-order valence-corrected chi connectivity index (χ0v) is 16.0. The number of benzene rings is 2. The summed E-state index contributed by atoms with van der Waals surface area (Å²) in [7, 11) is 1.50. The van der Waals surface area contributed by atoms with Gasteiger partial charge in [0.15, 0.2) is 0 Å². The number of hydrogen-bond donors (Lipinski definition) is 1. The summed E-state index contributed by atoms with van der Waals surface area (Å²) in [6.45, 7) is 0. The number of thiophene rings is 1. The lowest BCUT2D eigenvalue weighted by Crippen LogP contribution is -2.12. The van der Waals surface area contributed by atoms with Gasteiger partial charge in [-0.3, -0.25) is 4.79 Å². The van der Waals surface area contributed by atoms with E-state index in [0.717, 1.165) is 28.0 Å². The third kappa shape index (κ3) is 4.25. The summed E-state index contributed by atoms with van der Waals surface area (Å²) in [6, 6.07) is 16.9. The number of halogens is 2. The lowest BCUT2D eigenvalue weighted by molar-refractivity contribution is 0.102. The molecule has 0 aliphatic rings. The van der Waals surface area contributed by atoms with Crippen molar-refractivity contribution >= 4 is 52.3 Å². The summed E-state index contributed by atoms with van der Waals surface area (Å²) in [5, 5.41) is 6.65. The first kappa shape index (κ1) is 18.5. The maximum Gasteiger partial charge on any atom is 0.258 e. The Bertz CT molecular complexity index is 952.